The summed E-state index contributed by atoms with van der Waals surface area (Å²) in [7, 11) is -2.48. The van der Waals surface area contributed by atoms with E-state index in [1.165, 1.54) is 11.1 Å². The molecule has 0 aliphatic carbocycles. The van der Waals surface area contributed by atoms with E-state index < -0.39 is 10.4 Å². The lowest BCUT2D eigenvalue weighted by molar-refractivity contribution is 0.381. The Labute approximate surface area is 151 Å². The van der Waals surface area contributed by atoms with Gasteiger partial charge < -0.3 is 9.64 Å². The number of halogens is 1. The number of para-hydroxylation sites is 1. The van der Waals surface area contributed by atoms with Gasteiger partial charge in [0.15, 0.2) is 0 Å². The molecule has 8 heteroatoms. The number of likely N-dealkylation sites (N-methyl/N-ethyl adjacent to an activating group) is 1. The van der Waals surface area contributed by atoms with Crippen LogP contribution in [0.5, 0.6) is 11.5 Å². The van der Waals surface area contributed by atoms with Gasteiger partial charge >= 0.3 is 10.4 Å². The van der Waals surface area contributed by atoms with Crippen LogP contribution in [0, 0.1) is 0 Å². The molecule has 2 aromatic carbocycles. The molecule has 0 radical (unpaired) electrons. The summed E-state index contributed by atoms with van der Waals surface area (Å²) in [5, 5.41) is 0.784. The Morgan fingerprint density at radius 2 is 1.60 bits per heavy atom. The van der Waals surface area contributed by atoms with Crippen LogP contribution in [0.1, 0.15) is 23.0 Å². The summed E-state index contributed by atoms with van der Waals surface area (Å²) in [6.07, 6.45) is 0. The fraction of sp³-hybridized carbons (Fsp3) is 0.294. The van der Waals surface area contributed by atoms with Gasteiger partial charge in [-0.2, -0.15) is 8.42 Å². The number of likely N-dealkylation sites (tertiary alicyclic amines) is 1. The first-order valence-corrected chi connectivity index (χ1v) is 9.44. The average molecular weight is 384 g/mol. The molecule has 0 bridgehead atoms. The molecule has 1 fully saturated rings. The lowest BCUT2D eigenvalue weighted by Crippen LogP contribution is -2.14. The van der Waals surface area contributed by atoms with Gasteiger partial charge in [-0.25, -0.2) is 0 Å². The minimum atomic E-state index is -4.67. The second-order valence-corrected chi connectivity index (χ2v) is 7.54. The van der Waals surface area contributed by atoms with E-state index in [1.54, 1.807) is 0 Å². The molecule has 2 aliphatic heterocycles. The first-order valence-electron chi connectivity index (χ1n) is 7.67. The first kappa shape index (κ1) is 18.2. The maximum Gasteiger partial charge on any atom is 0.394 e. The third kappa shape index (κ3) is 4.31. The smallest absolute Gasteiger partial charge is 0.394 e. The fourth-order valence-electron chi connectivity index (χ4n) is 3.53. The Bertz CT molecular complexity index is 878. The van der Waals surface area contributed by atoms with Crippen LogP contribution < -0.4 is 4.74 Å². The molecule has 134 valence electrons. The van der Waals surface area contributed by atoms with Crippen LogP contribution >= 0.6 is 11.6 Å². The second-order valence-electron chi connectivity index (χ2n) is 6.20. The van der Waals surface area contributed by atoms with Crippen LogP contribution in [0.25, 0.3) is 0 Å². The number of hydrogen-bond donors (Lipinski definition) is 2. The third-order valence-corrected chi connectivity index (χ3v) is 4.65. The number of ether oxygens (including phenoxy) is 1. The van der Waals surface area contributed by atoms with Crippen molar-refractivity contribution in [2.24, 2.45) is 0 Å². The Hall–Kier alpha value is -1.64. The Morgan fingerprint density at radius 3 is 2.28 bits per heavy atom. The molecule has 2 aromatic rings. The van der Waals surface area contributed by atoms with Crippen molar-refractivity contribution in [3.63, 3.8) is 0 Å². The number of fused-ring (bicyclic) bond motifs is 5. The van der Waals surface area contributed by atoms with Crippen LogP contribution in [-0.4, -0.2) is 42.6 Å². The van der Waals surface area contributed by atoms with Crippen molar-refractivity contribution < 1.29 is 22.3 Å². The van der Waals surface area contributed by atoms with Gasteiger partial charge in [0.1, 0.15) is 11.5 Å². The lowest BCUT2D eigenvalue weighted by Gasteiger charge is -2.17. The second kappa shape index (κ2) is 6.93. The molecule has 0 spiro atoms. The highest BCUT2D eigenvalue weighted by Gasteiger charge is 2.38. The van der Waals surface area contributed by atoms with Crippen LogP contribution in [0.4, 0.5) is 0 Å². The van der Waals surface area contributed by atoms with Gasteiger partial charge in [-0.05, 0) is 36.9 Å². The molecule has 2 aliphatic rings. The van der Waals surface area contributed by atoms with Crippen molar-refractivity contribution in [1.82, 2.24) is 4.90 Å². The summed E-state index contributed by atoms with van der Waals surface area (Å²) in [4.78, 5) is 2.39. The summed E-state index contributed by atoms with van der Waals surface area (Å²) in [6, 6.07) is 14.4. The molecular formula is C17H18ClNO5S. The van der Waals surface area contributed by atoms with Crippen molar-refractivity contribution in [1.29, 1.82) is 0 Å². The van der Waals surface area contributed by atoms with Gasteiger partial charge in [-0.3, -0.25) is 9.11 Å². The molecule has 2 N–H and O–H groups in total. The molecule has 2 heterocycles. The standard InChI is InChI=1S/C17H16ClNO.H2O4S/c1-19-9-14-12-4-2-3-5-16(12)20-17-7-6-11(18)8-13(17)15(14)10-19;1-5(2,3)4/h2-8,14-15H,9-10H2,1H3;(H2,1,2,3,4)/t14-,15-;/m1./s1. The molecule has 4 rings (SSSR count). The van der Waals surface area contributed by atoms with E-state index in [0.717, 1.165) is 29.6 Å². The normalized spacial score (nSPS) is 21.8. The number of nitrogens with zero attached hydrogens (tertiary/aromatic N) is 1. The van der Waals surface area contributed by atoms with E-state index in [2.05, 4.69) is 36.2 Å². The molecule has 1 saturated heterocycles. The topological polar surface area (TPSA) is 87.1 Å². The highest BCUT2D eigenvalue weighted by molar-refractivity contribution is 7.79. The number of rotatable bonds is 0. The van der Waals surface area contributed by atoms with E-state index in [1.807, 2.05) is 18.2 Å². The lowest BCUT2D eigenvalue weighted by atomic mass is 9.84. The summed E-state index contributed by atoms with van der Waals surface area (Å²) in [5.41, 5.74) is 2.55. The van der Waals surface area contributed by atoms with Crippen molar-refractivity contribution in [2.45, 2.75) is 11.8 Å². The molecule has 0 saturated carbocycles. The quantitative estimate of drug-likeness (QED) is 0.676. The maximum atomic E-state index is 8.74. The molecule has 25 heavy (non-hydrogen) atoms. The summed E-state index contributed by atoms with van der Waals surface area (Å²) in [6.45, 7) is 2.12. The highest BCUT2D eigenvalue weighted by atomic mass is 35.5. The van der Waals surface area contributed by atoms with Crippen LogP contribution in [-0.2, 0) is 10.4 Å². The van der Waals surface area contributed by atoms with Crippen LogP contribution in [0.15, 0.2) is 42.5 Å². The van der Waals surface area contributed by atoms with E-state index in [0.29, 0.717) is 11.8 Å². The predicted molar refractivity (Wildman–Crippen MR) is 95.1 cm³/mol. The van der Waals surface area contributed by atoms with Gasteiger partial charge in [0.25, 0.3) is 0 Å². The Kier molecular flexibility index (Phi) is 5.04. The van der Waals surface area contributed by atoms with E-state index in [-0.39, 0.29) is 0 Å². The molecule has 6 nitrogen and oxygen atoms in total. The van der Waals surface area contributed by atoms with Crippen molar-refractivity contribution >= 4 is 22.0 Å². The Balaban J connectivity index is 0.000000324. The first-order chi connectivity index (χ1) is 11.7. The molecule has 0 unspecified atom stereocenters. The van der Waals surface area contributed by atoms with Gasteiger partial charge in [0, 0.05) is 35.5 Å². The molecule has 0 aromatic heterocycles. The third-order valence-electron chi connectivity index (χ3n) is 4.41. The van der Waals surface area contributed by atoms with E-state index >= 15 is 0 Å². The Morgan fingerprint density at radius 1 is 1.04 bits per heavy atom. The zero-order valence-electron chi connectivity index (χ0n) is 13.5. The average Bonchev–Trinajstić information content (AvgIpc) is 2.84. The molecule has 0 amide bonds. The molecule has 2 atom stereocenters. The monoisotopic (exact) mass is 383 g/mol. The number of hydrogen-bond acceptors (Lipinski definition) is 4. The SMILES string of the molecule is CN1C[C@@H]2c3ccccc3Oc3ccc(Cl)cc3[C@H]2C1.O=S(=O)(O)O. The van der Waals surface area contributed by atoms with Crippen molar-refractivity contribution in [3.8, 4) is 11.5 Å². The summed E-state index contributed by atoms with van der Waals surface area (Å²) < 4.78 is 37.7. The van der Waals surface area contributed by atoms with E-state index in [4.69, 9.17) is 33.9 Å². The zero-order chi connectivity index (χ0) is 18.2. The fourth-order valence-corrected chi connectivity index (χ4v) is 3.71. The maximum absolute atomic E-state index is 8.74. The summed E-state index contributed by atoms with van der Waals surface area (Å²) >= 11 is 6.20. The zero-order valence-corrected chi connectivity index (χ0v) is 15.0. The predicted octanol–water partition coefficient (Wildman–Crippen LogP) is 3.61. The van der Waals surface area contributed by atoms with Crippen LogP contribution in [0.3, 0.4) is 0 Å². The van der Waals surface area contributed by atoms with Crippen molar-refractivity contribution in [2.75, 3.05) is 20.1 Å². The minimum Gasteiger partial charge on any atom is -0.457 e. The minimum absolute atomic E-state index is 0.456. The number of benzene rings is 2. The van der Waals surface area contributed by atoms with Gasteiger partial charge in [-0.1, -0.05) is 29.8 Å². The van der Waals surface area contributed by atoms with E-state index in [9.17, 15) is 0 Å². The van der Waals surface area contributed by atoms with Gasteiger partial charge in [0.2, 0.25) is 0 Å². The highest BCUT2D eigenvalue weighted by Crippen LogP contribution is 2.49. The van der Waals surface area contributed by atoms with Gasteiger partial charge in [0.05, 0.1) is 0 Å². The molecular weight excluding hydrogens is 366 g/mol. The summed E-state index contributed by atoms with van der Waals surface area (Å²) in [5.74, 6) is 2.87. The van der Waals surface area contributed by atoms with Crippen LogP contribution in [0.2, 0.25) is 5.02 Å². The largest absolute Gasteiger partial charge is 0.457 e. The van der Waals surface area contributed by atoms with Gasteiger partial charge in [-0.15, -0.1) is 0 Å². The van der Waals surface area contributed by atoms with Crippen molar-refractivity contribution in [3.05, 3.63) is 58.6 Å².